The summed E-state index contributed by atoms with van der Waals surface area (Å²) in [5.41, 5.74) is 6.20. The molecule has 2 heterocycles. The summed E-state index contributed by atoms with van der Waals surface area (Å²) in [6.45, 7) is 4.51. The van der Waals surface area contributed by atoms with Crippen LogP contribution in [-0.4, -0.2) is 4.98 Å². The zero-order chi connectivity index (χ0) is 19.1. The molecular formula is C26H21NO. The van der Waals surface area contributed by atoms with Crippen LogP contribution >= 0.6 is 0 Å². The van der Waals surface area contributed by atoms with Crippen LogP contribution in [0.3, 0.4) is 0 Å². The maximum absolute atomic E-state index is 6.37. The molecule has 5 rings (SSSR count). The van der Waals surface area contributed by atoms with Gasteiger partial charge in [0.05, 0.1) is 5.69 Å². The van der Waals surface area contributed by atoms with Crippen LogP contribution in [0.25, 0.3) is 33.2 Å². The first-order valence-electron chi connectivity index (χ1n) is 9.57. The van der Waals surface area contributed by atoms with Crippen molar-refractivity contribution in [2.24, 2.45) is 0 Å². The molecule has 0 saturated carbocycles. The van der Waals surface area contributed by atoms with Gasteiger partial charge in [-0.3, -0.25) is 4.98 Å². The Morgan fingerprint density at radius 2 is 1.54 bits per heavy atom. The van der Waals surface area contributed by atoms with Crippen molar-refractivity contribution < 1.29 is 4.42 Å². The first-order valence-corrected chi connectivity index (χ1v) is 9.57. The van der Waals surface area contributed by atoms with Crippen molar-refractivity contribution in [3.8, 4) is 11.3 Å². The van der Waals surface area contributed by atoms with Gasteiger partial charge in [0.1, 0.15) is 11.2 Å². The third kappa shape index (κ3) is 2.61. The van der Waals surface area contributed by atoms with Crippen LogP contribution in [-0.2, 0) is 5.41 Å². The molecule has 0 unspecified atom stereocenters. The molecule has 0 saturated heterocycles. The number of furan rings is 1. The van der Waals surface area contributed by atoms with Crippen molar-refractivity contribution >= 4 is 21.9 Å². The minimum absolute atomic E-state index is 0.0990. The molecule has 0 aliphatic heterocycles. The number of nitrogens with zero attached hydrogens (tertiary/aromatic N) is 1. The number of fused-ring (bicyclic) bond motifs is 3. The fourth-order valence-corrected chi connectivity index (χ4v) is 3.93. The molecule has 0 amide bonds. The van der Waals surface area contributed by atoms with E-state index in [1.165, 1.54) is 11.1 Å². The Morgan fingerprint density at radius 3 is 2.32 bits per heavy atom. The van der Waals surface area contributed by atoms with Crippen LogP contribution < -0.4 is 0 Å². The molecule has 0 aliphatic rings. The molecule has 0 atom stereocenters. The maximum Gasteiger partial charge on any atom is 0.144 e. The smallest absolute Gasteiger partial charge is 0.144 e. The topological polar surface area (TPSA) is 26.0 Å². The highest BCUT2D eigenvalue weighted by Crippen LogP contribution is 2.38. The lowest BCUT2D eigenvalue weighted by molar-refractivity contribution is 0.633. The first-order chi connectivity index (χ1) is 13.6. The van der Waals surface area contributed by atoms with E-state index < -0.39 is 0 Å². The van der Waals surface area contributed by atoms with E-state index in [2.05, 4.69) is 85.6 Å². The predicted octanol–water partition coefficient (Wildman–Crippen LogP) is 6.97. The largest absolute Gasteiger partial charge is 0.455 e. The molecule has 0 N–H and O–H groups in total. The summed E-state index contributed by atoms with van der Waals surface area (Å²) in [5, 5.41) is 2.27. The lowest BCUT2D eigenvalue weighted by atomic mass is 9.78. The van der Waals surface area contributed by atoms with Gasteiger partial charge in [-0.1, -0.05) is 74.5 Å². The van der Waals surface area contributed by atoms with E-state index in [0.717, 1.165) is 33.2 Å². The van der Waals surface area contributed by atoms with Gasteiger partial charge in [-0.2, -0.15) is 0 Å². The van der Waals surface area contributed by atoms with Gasteiger partial charge in [-0.25, -0.2) is 0 Å². The van der Waals surface area contributed by atoms with E-state index in [1.54, 1.807) is 0 Å². The number of rotatable bonds is 3. The molecule has 0 bridgehead atoms. The van der Waals surface area contributed by atoms with E-state index >= 15 is 0 Å². The summed E-state index contributed by atoms with van der Waals surface area (Å²) in [6.07, 6.45) is 1.82. The molecule has 2 aromatic heterocycles. The second kappa shape index (κ2) is 6.35. The Labute approximate surface area is 164 Å². The van der Waals surface area contributed by atoms with Crippen molar-refractivity contribution in [2.75, 3.05) is 0 Å². The van der Waals surface area contributed by atoms with Crippen LogP contribution in [0.5, 0.6) is 0 Å². The van der Waals surface area contributed by atoms with Gasteiger partial charge in [0.25, 0.3) is 0 Å². The van der Waals surface area contributed by atoms with Crippen molar-refractivity contribution in [3.05, 3.63) is 102 Å². The maximum atomic E-state index is 6.37. The number of aromatic nitrogens is 1. The average molecular weight is 363 g/mol. The molecule has 3 aromatic carbocycles. The predicted molar refractivity (Wildman–Crippen MR) is 116 cm³/mol. The van der Waals surface area contributed by atoms with Crippen molar-refractivity contribution in [1.29, 1.82) is 0 Å². The van der Waals surface area contributed by atoms with Crippen LogP contribution in [0.1, 0.15) is 25.0 Å². The highest BCUT2D eigenvalue weighted by atomic mass is 16.3. The van der Waals surface area contributed by atoms with Crippen LogP contribution in [0.2, 0.25) is 0 Å². The first kappa shape index (κ1) is 16.8. The Balaban J connectivity index is 1.70. The van der Waals surface area contributed by atoms with E-state index in [0.29, 0.717) is 0 Å². The van der Waals surface area contributed by atoms with Gasteiger partial charge in [-0.15, -0.1) is 0 Å². The Hall–Kier alpha value is -3.39. The molecule has 0 aliphatic carbocycles. The molecular weight excluding hydrogens is 342 g/mol. The van der Waals surface area contributed by atoms with Gasteiger partial charge >= 0.3 is 0 Å². The monoisotopic (exact) mass is 363 g/mol. The van der Waals surface area contributed by atoms with E-state index in [9.17, 15) is 0 Å². The normalized spacial score (nSPS) is 11.9. The highest BCUT2D eigenvalue weighted by molar-refractivity contribution is 6.09. The second-order valence-electron chi connectivity index (χ2n) is 7.70. The number of benzene rings is 3. The zero-order valence-electron chi connectivity index (χ0n) is 16.0. The number of hydrogen-bond acceptors (Lipinski definition) is 2. The second-order valence-corrected chi connectivity index (χ2v) is 7.70. The van der Waals surface area contributed by atoms with E-state index in [-0.39, 0.29) is 5.41 Å². The van der Waals surface area contributed by atoms with Gasteiger partial charge in [0.2, 0.25) is 0 Å². The molecule has 2 heteroatoms. The van der Waals surface area contributed by atoms with Gasteiger partial charge in [-0.05, 0) is 35.4 Å². The summed E-state index contributed by atoms with van der Waals surface area (Å²) in [7, 11) is 0. The highest BCUT2D eigenvalue weighted by Gasteiger charge is 2.24. The number of pyridine rings is 1. The fraction of sp³-hybridized carbons (Fsp3) is 0.115. The average Bonchev–Trinajstić information content (AvgIpc) is 3.13. The molecule has 0 radical (unpaired) electrons. The molecule has 136 valence electrons. The van der Waals surface area contributed by atoms with Crippen molar-refractivity contribution in [1.82, 2.24) is 4.98 Å². The Kier molecular flexibility index (Phi) is 3.80. The molecule has 0 spiro atoms. The van der Waals surface area contributed by atoms with Crippen molar-refractivity contribution in [3.63, 3.8) is 0 Å². The van der Waals surface area contributed by atoms with E-state index in [4.69, 9.17) is 4.42 Å². The summed E-state index contributed by atoms with van der Waals surface area (Å²) in [5.74, 6) is 0. The lowest BCUT2D eigenvalue weighted by Crippen LogP contribution is -2.18. The quantitative estimate of drug-likeness (QED) is 0.346. The lowest BCUT2D eigenvalue weighted by Gasteiger charge is -2.26. The van der Waals surface area contributed by atoms with Gasteiger partial charge in [0.15, 0.2) is 0 Å². The van der Waals surface area contributed by atoms with Crippen LogP contribution in [0.15, 0.2) is 95.5 Å². The molecule has 5 aromatic rings. The number of para-hydroxylation sites is 1. The molecule has 0 fully saturated rings. The van der Waals surface area contributed by atoms with Crippen LogP contribution in [0, 0.1) is 0 Å². The fourth-order valence-electron chi connectivity index (χ4n) is 3.93. The summed E-state index contributed by atoms with van der Waals surface area (Å²) in [6, 6.07) is 29.4. The SMILES string of the molecule is CC(C)(c1ccccc1)c1ccc2c(c1)oc1c(-c3ccccn3)cccc12. The Bertz CT molecular complexity index is 1270. The number of hydrogen-bond donors (Lipinski definition) is 0. The molecule has 2 nitrogen and oxygen atoms in total. The zero-order valence-corrected chi connectivity index (χ0v) is 16.0. The summed E-state index contributed by atoms with van der Waals surface area (Å²) < 4.78 is 6.37. The minimum atomic E-state index is -0.0990. The standard InChI is InChI=1S/C26H21NO/c1-26(2,18-9-4-3-5-10-18)19-14-15-20-21-11-8-12-22(23-13-6-7-16-27-23)25(21)28-24(20)17-19/h3-17H,1-2H3. The Morgan fingerprint density at radius 1 is 0.714 bits per heavy atom. The minimum Gasteiger partial charge on any atom is -0.455 e. The summed E-state index contributed by atoms with van der Waals surface area (Å²) >= 11 is 0. The van der Waals surface area contributed by atoms with Crippen molar-refractivity contribution in [2.45, 2.75) is 19.3 Å². The van der Waals surface area contributed by atoms with Crippen LogP contribution in [0.4, 0.5) is 0 Å². The third-order valence-corrected chi connectivity index (χ3v) is 5.66. The van der Waals surface area contributed by atoms with E-state index in [1.807, 2.05) is 24.4 Å². The van der Waals surface area contributed by atoms with Gasteiger partial charge in [0, 0.05) is 27.9 Å². The summed E-state index contributed by atoms with van der Waals surface area (Å²) in [4.78, 5) is 4.51. The third-order valence-electron chi connectivity index (χ3n) is 5.66. The van der Waals surface area contributed by atoms with Gasteiger partial charge < -0.3 is 4.42 Å². The molecule has 28 heavy (non-hydrogen) atoms.